The predicted octanol–water partition coefficient (Wildman–Crippen LogP) is 3.79. The number of hydrogen-bond donors (Lipinski definition) is 1. The van der Waals surface area contributed by atoms with Crippen LogP contribution in [0.1, 0.15) is 48.2 Å². The summed E-state index contributed by atoms with van der Waals surface area (Å²) in [6.45, 7) is 2.39. The minimum absolute atomic E-state index is 0.0546. The molecule has 0 unspecified atom stereocenters. The highest BCUT2D eigenvalue weighted by atomic mass is 32.2. The third-order valence-corrected chi connectivity index (χ3v) is 10.6. The normalized spacial score (nSPS) is 24.0. The molecule has 222 valence electrons. The average molecular weight is 598 g/mol. The fourth-order valence-corrected chi connectivity index (χ4v) is 8.37. The van der Waals surface area contributed by atoms with Crippen molar-refractivity contribution < 1.29 is 26.7 Å². The van der Waals surface area contributed by atoms with E-state index in [1.165, 1.54) is 25.5 Å². The molecule has 2 N–H and O–H groups in total. The number of hydrogen-bond acceptors (Lipinski definition) is 8. The Bertz CT molecular complexity index is 1720. The summed E-state index contributed by atoms with van der Waals surface area (Å²) in [5.41, 5.74) is 8.43. The van der Waals surface area contributed by atoms with E-state index >= 15 is 8.78 Å². The van der Waals surface area contributed by atoms with Gasteiger partial charge in [-0.1, -0.05) is 6.92 Å². The van der Waals surface area contributed by atoms with E-state index in [-0.39, 0.29) is 36.3 Å². The molecule has 42 heavy (non-hydrogen) atoms. The molecule has 0 bridgehead atoms. The fraction of sp³-hybridized carbons (Fsp3) is 0.433. The fourth-order valence-electron chi connectivity index (χ4n) is 6.67. The van der Waals surface area contributed by atoms with Gasteiger partial charge in [-0.25, -0.2) is 26.7 Å². The Morgan fingerprint density at radius 2 is 1.88 bits per heavy atom. The van der Waals surface area contributed by atoms with Crippen molar-refractivity contribution in [3.05, 3.63) is 83.1 Å². The zero-order valence-electron chi connectivity index (χ0n) is 23.6. The van der Waals surface area contributed by atoms with Crippen molar-refractivity contribution >= 4 is 15.4 Å². The van der Waals surface area contributed by atoms with Gasteiger partial charge >= 0.3 is 0 Å². The number of aromatic nitrogens is 4. The first-order chi connectivity index (χ1) is 20.0. The zero-order valence-corrected chi connectivity index (χ0v) is 24.4. The minimum atomic E-state index is -3.27. The molecule has 3 aromatic heterocycles. The average Bonchev–Trinajstić information content (AvgIpc) is 3.29. The van der Waals surface area contributed by atoms with E-state index in [9.17, 15) is 8.42 Å². The smallest absolute Gasteiger partial charge is 0.152 e. The summed E-state index contributed by atoms with van der Waals surface area (Å²) in [5.74, 6) is -0.958. The molecule has 4 aromatic rings. The van der Waals surface area contributed by atoms with Crippen molar-refractivity contribution in [1.29, 1.82) is 0 Å². The van der Waals surface area contributed by atoms with Crippen LogP contribution in [0.2, 0.25) is 0 Å². The number of sulfone groups is 1. The standard InChI is InChI=1S/C30H33F2N5O4S/c1-17-8-18(9-25(33)29(17)42(3,38)39)22-6-7-34-13-19(22)10-27-35-14-21-4-5-26(36-37(21)27)28-23(31)11-20(12-24(28)32)30(40-2)15-41-16-30/h4-7,11-14,17-18,25,29H,8-10,15-16,33H2,1-3H3/t17-,18+,25+,29+/m0/s1. The van der Waals surface area contributed by atoms with Gasteiger partial charge in [0.05, 0.1) is 41.4 Å². The second-order valence-electron chi connectivity index (χ2n) is 11.6. The Hall–Kier alpha value is -3.32. The molecule has 9 nitrogen and oxygen atoms in total. The maximum absolute atomic E-state index is 15.4. The molecular weight excluding hydrogens is 564 g/mol. The Balaban J connectivity index is 1.32. The molecule has 6 rings (SSSR count). The summed E-state index contributed by atoms with van der Waals surface area (Å²) < 4.78 is 67.7. The number of ether oxygens (including phenoxy) is 2. The van der Waals surface area contributed by atoms with Crippen LogP contribution in [0.4, 0.5) is 8.78 Å². The summed E-state index contributed by atoms with van der Waals surface area (Å²) in [6, 6.07) is 7.31. The second kappa shape index (κ2) is 10.7. The maximum atomic E-state index is 15.4. The second-order valence-corrected chi connectivity index (χ2v) is 13.8. The van der Waals surface area contributed by atoms with Gasteiger partial charge in [-0.15, -0.1) is 0 Å². The Morgan fingerprint density at radius 3 is 2.50 bits per heavy atom. The van der Waals surface area contributed by atoms with E-state index in [1.54, 1.807) is 35.2 Å². The lowest BCUT2D eigenvalue weighted by atomic mass is 9.75. The van der Waals surface area contributed by atoms with E-state index in [0.717, 1.165) is 11.1 Å². The van der Waals surface area contributed by atoms with Crippen LogP contribution in [0.25, 0.3) is 16.8 Å². The number of imidazole rings is 1. The quantitative estimate of drug-likeness (QED) is 0.342. The Kier molecular flexibility index (Phi) is 7.37. The molecule has 12 heteroatoms. The summed E-state index contributed by atoms with van der Waals surface area (Å²) in [7, 11) is -1.78. The van der Waals surface area contributed by atoms with Crippen LogP contribution in [0.15, 0.2) is 48.9 Å². The molecule has 2 fully saturated rings. The lowest BCUT2D eigenvalue weighted by Gasteiger charge is -2.40. The van der Waals surface area contributed by atoms with Crippen LogP contribution in [0, 0.1) is 17.6 Å². The lowest BCUT2D eigenvalue weighted by Crippen LogP contribution is -2.48. The number of nitrogens with two attached hydrogens (primary N) is 1. The number of halogens is 2. The molecule has 1 saturated heterocycles. The van der Waals surface area contributed by atoms with Crippen molar-refractivity contribution in [2.75, 3.05) is 26.6 Å². The van der Waals surface area contributed by atoms with Gasteiger partial charge < -0.3 is 15.2 Å². The molecule has 1 aliphatic heterocycles. The summed E-state index contributed by atoms with van der Waals surface area (Å²) >= 11 is 0. The SMILES string of the molecule is COC1(c2cc(F)c(-c3ccc4cnc(Cc5cnccc5[C@H]5C[C@@H](N)[C@H](S(C)(=O)=O)[C@@H](C)C5)n4n3)c(F)c2)COC1. The van der Waals surface area contributed by atoms with Crippen molar-refractivity contribution in [3.63, 3.8) is 0 Å². The van der Waals surface area contributed by atoms with E-state index in [2.05, 4.69) is 15.1 Å². The first-order valence-corrected chi connectivity index (χ1v) is 15.8. The van der Waals surface area contributed by atoms with Gasteiger partial charge in [0.1, 0.15) is 23.1 Å². The monoisotopic (exact) mass is 597 g/mol. The molecule has 1 saturated carbocycles. The highest BCUT2D eigenvalue weighted by Gasteiger charge is 2.42. The van der Waals surface area contributed by atoms with E-state index in [1.807, 2.05) is 13.0 Å². The van der Waals surface area contributed by atoms with Crippen LogP contribution < -0.4 is 5.73 Å². The minimum Gasteiger partial charge on any atom is -0.375 e. The highest BCUT2D eigenvalue weighted by Crippen LogP contribution is 2.40. The van der Waals surface area contributed by atoms with Crippen LogP contribution in [0.3, 0.4) is 0 Å². The van der Waals surface area contributed by atoms with Crippen LogP contribution in [-0.2, 0) is 31.3 Å². The first-order valence-electron chi connectivity index (χ1n) is 13.8. The largest absolute Gasteiger partial charge is 0.375 e. The van der Waals surface area contributed by atoms with Gasteiger partial charge in [0.25, 0.3) is 0 Å². The summed E-state index contributed by atoms with van der Waals surface area (Å²) in [6.07, 6.45) is 7.98. The molecule has 0 amide bonds. The number of rotatable bonds is 7. The zero-order chi connectivity index (χ0) is 29.8. The third kappa shape index (κ3) is 5.00. The first kappa shape index (κ1) is 28.8. The molecule has 2 aliphatic rings. The third-order valence-electron chi connectivity index (χ3n) is 8.76. The van der Waals surface area contributed by atoms with Crippen LogP contribution >= 0.6 is 0 Å². The van der Waals surface area contributed by atoms with Gasteiger partial charge in [-0.3, -0.25) is 4.98 Å². The molecule has 4 heterocycles. The van der Waals surface area contributed by atoms with Gasteiger partial charge in [-0.2, -0.15) is 5.10 Å². The summed E-state index contributed by atoms with van der Waals surface area (Å²) in [4.78, 5) is 8.88. The van der Waals surface area contributed by atoms with E-state index < -0.39 is 38.4 Å². The molecule has 4 atom stereocenters. The van der Waals surface area contributed by atoms with E-state index in [0.29, 0.717) is 36.2 Å². The highest BCUT2D eigenvalue weighted by molar-refractivity contribution is 7.91. The number of methoxy groups -OCH3 is 1. The molecule has 0 radical (unpaired) electrons. The van der Waals surface area contributed by atoms with Gasteiger partial charge in [-0.05, 0) is 71.7 Å². The van der Waals surface area contributed by atoms with Crippen molar-refractivity contribution in [2.24, 2.45) is 11.7 Å². The molecule has 0 spiro atoms. The van der Waals surface area contributed by atoms with Crippen molar-refractivity contribution in [1.82, 2.24) is 19.6 Å². The van der Waals surface area contributed by atoms with Crippen LogP contribution in [-0.4, -0.2) is 65.9 Å². The Labute approximate surface area is 243 Å². The van der Waals surface area contributed by atoms with Gasteiger partial charge in [0.2, 0.25) is 0 Å². The summed E-state index contributed by atoms with van der Waals surface area (Å²) in [5, 5.41) is 4.01. The molecular formula is C30H33F2N5O4S. The van der Waals surface area contributed by atoms with Gasteiger partial charge in [0, 0.05) is 38.2 Å². The number of benzene rings is 1. The maximum Gasteiger partial charge on any atom is 0.152 e. The Morgan fingerprint density at radius 1 is 1.14 bits per heavy atom. The molecule has 1 aromatic carbocycles. The van der Waals surface area contributed by atoms with Crippen molar-refractivity contribution in [3.8, 4) is 11.3 Å². The van der Waals surface area contributed by atoms with Crippen molar-refractivity contribution in [2.45, 2.75) is 49.0 Å². The predicted molar refractivity (Wildman–Crippen MR) is 153 cm³/mol. The lowest BCUT2D eigenvalue weighted by molar-refractivity contribution is -0.202. The van der Waals surface area contributed by atoms with Gasteiger partial charge in [0.15, 0.2) is 9.84 Å². The molecule has 1 aliphatic carbocycles. The van der Waals surface area contributed by atoms with Crippen LogP contribution in [0.5, 0.6) is 0 Å². The number of nitrogens with zero attached hydrogens (tertiary/aromatic N) is 4. The number of fused-ring (bicyclic) bond motifs is 1. The number of pyridine rings is 1. The topological polar surface area (TPSA) is 122 Å². The van der Waals surface area contributed by atoms with E-state index in [4.69, 9.17) is 15.2 Å².